The normalized spacial score (nSPS) is 18.1. The van der Waals surface area contributed by atoms with E-state index in [1.54, 1.807) is 0 Å². The van der Waals surface area contributed by atoms with Crippen molar-refractivity contribution in [2.45, 2.75) is 13.1 Å². The molecule has 1 N–H and O–H groups in total. The van der Waals surface area contributed by atoms with Crippen LogP contribution in [0.15, 0.2) is 36.5 Å². The van der Waals surface area contributed by atoms with E-state index in [1.165, 1.54) is 22.6 Å². The van der Waals surface area contributed by atoms with E-state index in [9.17, 15) is 9.59 Å². The van der Waals surface area contributed by atoms with Gasteiger partial charge in [0.25, 0.3) is 11.8 Å². The van der Waals surface area contributed by atoms with Gasteiger partial charge in [0, 0.05) is 43.4 Å². The molecule has 0 bridgehead atoms. The lowest BCUT2D eigenvalue weighted by atomic mass is 10.1. The average molecular weight is 267 g/mol. The lowest BCUT2D eigenvalue weighted by Gasteiger charge is -2.12. The molecule has 0 atom stereocenters. The van der Waals surface area contributed by atoms with Gasteiger partial charge in [-0.3, -0.25) is 9.59 Å². The number of anilines is 1. The van der Waals surface area contributed by atoms with E-state index >= 15 is 0 Å². The molecule has 0 unspecified atom stereocenters. The fraction of sp³-hybridized carbons (Fsp3) is 0.200. The number of amides is 2. The standard InChI is InChI=1S/C15H13N3O2/c19-13-4-5-14(20)18(13)12-9-17-7-6-16-8-10-2-1-3-11(12)15(10)17/h1-5,9,16H,6-8H2. The number of carbonyl (C=O) groups is 2. The molecule has 0 radical (unpaired) electrons. The molecule has 5 nitrogen and oxygen atoms in total. The van der Waals surface area contributed by atoms with Crippen LogP contribution in [-0.4, -0.2) is 22.9 Å². The summed E-state index contributed by atoms with van der Waals surface area (Å²) in [5, 5.41) is 4.32. The van der Waals surface area contributed by atoms with Gasteiger partial charge in [-0.1, -0.05) is 18.2 Å². The fourth-order valence-electron chi connectivity index (χ4n) is 2.98. The van der Waals surface area contributed by atoms with Gasteiger partial charge in [-0.2, -0.15) is 0 Å². The van der Waals surface area contributed by atoms with Gasteiger partial charge in [0.15, 0.2) is 0 Å². The van der Waals surface area contributed by atoms with Crippen LogP contribution in [0.25, 0.3) is 10.9 Å². The van der Waals surface area contributed by atoms with Gasteiger partial charge in [-0.15, -0.1) is 0 Å². The Hall–Kier alpha value is -2.40. The molecular weight excluding hydrogens is 254 g/mol. The number of hydrogen-bond acceptors (Lipinski definition) is 3. The molecule has 20 heavy (non-hydrogen) atoms. The molecule has 2 aromatic rings. The molecule has 100 valence electrons. The molecule has 4 rings (SSSR count). The number of imide groups is 1. The number of benzene rings is 1. The molecule has 0 saturated carbocycles. The first-order valence-electron chi connectivity index (χ1n) is 6.63. The quantitative estimate of drug-likeness (QED) is 0.789. The number of carbonyl (C=O) groups excluding carboxylic acids is 2. The first-order valence-corrected chi connectivity index (χ1v) is 6.63. The predicted octanol–water partition coefficient (Wildman–Crippen LogP) is 1.17. The van der Waals surface area contributed by atoms with Gasteiger partial charge in [-0.25, -0.2) is 4.90 Å². The molecule has 1 aromatic carbocycles. The summed E-state index contributed by atoms with van der Waals surface area (Å²) in [6.07, 6.45) is 4.55. The summed E-state index contributed by atoms with van der Waals surface area (Å²) in [5.74, 6) is -0.538. The maximum atomic E-state index is 11.9. The van der Waals surface area contributed by atoms with Crippen molar-refractivity contribution in [3.8, 4) is 0 Å². The first kappa shape index (κ1) is 11.4. The highest BCUT2D eigenvalue weighted by Crippen LogP contribution is 2.33. The predicted molar refractivity (Wildman–Crippen MR) is 75.3 cm³/mol. The van der Waals surface area contributed by atoms with Crippen molar-refractivity contribution in [3.63, 3.8) is 0 Å². The summed E-state index contributed by atoms with van der Waals surface area (Å²) in [6, 6.07) is 6.01. The number of para-hydroxylation sites is 1. The SMILES string of the molecule is O=C1C=CC(=O)N1c1cn2c3c(cccc13)CNCC2. The molecule has 3 heterocycles. The topological polar surface area (TPSA) is 54.3 Å². The lowest BCUT2D eigenvalue weighted by molar-refractivity contribution is -0.119. The third-order valence-corrected chi connectivity index (χ3v) is 3.86. The second-order valence-electron chi connectivity index (χ2n) is 5.04. The number of hydrogen-bond donors (Lipinski definition) is 1. The third kappa shape index (κ3) is 1.47. The molecule has 0 spiro atoms. The second-order valence-corrected chi connectivity index (χ2v) is 5.04. The number of rotatable bonds is 1. The van der Waals surface area contributed by atoms with Crippen molar-refractivity contribution < 1.29 is 9.59 Å². The zero-order valence-corrected chi connectivity index (χ0v) is 10.8. The van der Waals surface area contributed by atoms with Crippen LogP contribution in [-0.2, 0) is 22.7 Å². The van der Waals surface area contributed by atoms with Crippen LogP contribution in [0.2, 0.25) is 0 Å². The number of nitrogens with one attached hydrogen (secondary N) is 1. The highest BCUT2D eigenvalue weighted by molar-refractivity contribution is 6.30. The smallest absolute Gasteiger partial charge is 0.258 e. The molecule has 2 aliphatic rings. The highest BCUT2D eigenvalue weighted by Gasteiger charge is 2.29. The maximum Gasteiger partial charge on any atom is 0.258 e. The molecule has 2 amide bonds. The molecule has 0 saturated heterocycles. The van der Waals surface area contributed by atoms with Crippen molar-refractivity contribution in [2.75, 3.05) is 11.4 Å². The van der Waals surface area contributed by atoms with Crippen LogP contribution >= 0.6 is 0 Å². The van der Waals surface area contributed by atoms with E-state index in [0.717, 1.165) is 30.5 Å². The van der Waals surface area contributed by atoms with E-state index in [4.69, 9.17) is 0 Å². The van der Waals surface area contributed by atoms with Crippen molar-refractivity contribution in [2.24, 2.45) is 0 Å². The Labute approximate surface area is 115 Å². The minimum atomic E-state index is -0.269. The van der Waals surface area contributed by atoms with E-state index in [2.05, 4.69) is 16.0 Å². The molecule has 5 heteroatoms. The van der Waals surface area contributed by atoms with Gasteiger partial charge in [0.05, 0.1) is 11.2 Å². The van der Waals surface area contributed by atoms with E-state index in [-0.39, 0.29) is 11.8 Å². The highest BCUT2D eigenvalue weighted by atomic mass is 16.2. The van der Waals surface area contributed by atoms with Crippen LogP contribution in [0.4, 0.5) is 5.69 Å². The van der Waals surface area contributed by atoms with Gasteiger partial charge in [0.2, 0.25) is 0 Å². The third-order valence-electron chi connectivity index (χ3n) is 3.86. The number of aromatic nitrogens is 1. The Balaban J connectivity index is 1.98. The Morgan fingerprint density at radius 1 is 1.10 bits per heavy atom. The molecule has 2 aliphatic heterocycles. The van der Waals surface area contributed by atoms with E-state index < -0.39 is 0 Å². The van der Waals surface area contributed by atoms with E-state index in [1.807, 2.05) is 18.3 Å². The maximum absolute atomic E-state index is 11.9. The lowest BCUT2D eigenvalue weighted by Crippen LogP contribution is -2.29. The summed E-state index contributed by atoms with van der Waals surface area (Å²) in [4.78, 5) is 25.0. The van der Waals surface area contributed by atoms with Crippen LogP contribution in [0.1, 0.15) is 5.56 Å². The second kappa shape index (κ2) is 4.05. The zero-order valence-electron chi connectivity index (χ0n) is 10.8. The average Bonchev–Trinajstić information content (AvgIpc) is 2.88. The van der Waals surface area contributed by atoms with Gasteiger partial charge >= 0.3 is 0 Å². The zero-order chi connectivity index (χ0) is 13.7. The van der Waals surface area contributed by atoms with Crippen molar-refractivity contribution in [3.05, 3.63) is 42.1 Å². The van der Waals surface area contributed by atoms with Gasteiger partial charge < -0.3 is 9.88 Å². The van der Waals surface area contributed by atoms with Crippen molar-refractivity contribution in [1.29, 1.82) is 0 Å². The minimum Gasteiger partial charge on any atom is -0.344 e. The van der Waals surface area contributed by atoms with Gasteiger partial charge in [0.1, 0.15) is 0 Å². The van der Waals surface area contributed by atoms with Crippen LogP contribution in [0.3, 0.4) is 0 Å². The monoisotopic (exact) mass is 267 g/mol. The Morgan fingerprint density at radius 3 is 2.70 bits per heavy atom. The van der Waals surface area contributed by atoms with Crippen LogP contribution < -0.4 is 10.2 Å². The summed E-state index contributed by atoms with van der Waals surface area (Å²) >= 11 is 0. The summed E-state index contributed by atoms with van der Waals surface area (Å²) < 4.78 is 2.12. The van der Waals surface area contributed by atoms with E-state index in [0.29, 0.717) is 5.69 Å². The van der Waals surface area contributed by atoms with Crippen molar-refractivity contribution in [1.82, 2.24) is 9.88 Å². The Kier molecular flexibility index (Phi) is 2.31. The summed E-state index contributed by atoms with van der Waals surface area (Å²) in [5.41, 5.74) is 2.99. The van der Waals surface area contributed by atoms with Crippen LogP contribution in [0, 0.1) is 0 Å². The number of nitrogens with zero attached hydrogens (tertiary/aromatic N) is 2. The molecular formula is C15H13N3O2. The Bertz CT molecular complexity index is 755. The molecule has 0 aliphatic carbocycles. The largest absolute Gasteiger partial charge is 0.344 e. The molecule has 1 aromatic heterocycles. The van der Waals surface area contributed by atoms with Crippen molar-refractivity contribution >= 4 is 28.4 Å². The Morgan fingerprint density at radius 2 is 1.90 bits per heavy atom. The summed E-state index contributed by atoms with van der Waals surface area (Å²) in [7, 11) is 0. The first-order chi connectivity index (χ1) is 9.75. The van der Waals surface area contributed by atoms with Gasteiger partial charge in [-0.05, 0) is 5.56 Å². The minimum absolute atomic E-state index is 0.269. The fourth-order valence-corrected chi connectivity index (χ4v) is 2.98. The molecule has 0 fully saturated rings. The summed E-state index contributed by atoms with van der Waals surface area (Å²) in [6.45, 7) is 2.51. The van der Waals surface area contributed by atoms with Crippen LogP contribution in [0.5, 0.6) is 0 Å².